The number of aromatic nitrogens is 2. The Morgan fingerprint density at radius 2 is 2.50 bits per heavy atom. The molecule has 0 atom stereocenters. The number of isothiocyanates is 1. The summed E-state index contributed by atoms with van der Waals surface area (Å²) >= 11 is 4.39. The molecule has 0 aliphatic rings. The van der Waals surface area contributed by atoms with E-state index in [1.54, 1.807) is 18.6 Å². The molecule has 50 valence electrons. The highest BCUT2D eigenvalue weighted by molar-refractivity contribution is 7.78. The van der Waals surface area contributed by atoms with Crippen LogP contribution in [0.15, 0.2) is 23.6 Å². The smallest absolute Gasteiger partial charge is 0.0930 e. The lowest BCUT2D eigenvalue weighted by Crippen LogP contribution is -1.86. The Kier molecular flexibility index (Phi) is 2.67. The summed E-state index contributed by atoms with van der Waals surface area (Å²) in [7, 11) is 0. The second-order valence-corrected chi connectivity index (χ2v) is 1.79. The predicted molar refractivity (Wildman–Crippen MR) is 40.8 cm³/mol. The summed E-state index contributed by atoms with van der Waals surface area (Å²) < 4.78 is 0. The first kappa shape index (κ1) is 6.99. The third-order valence-corrected chi connectivity index (χ3v) is 1.05. The maximum absolute atomic E-state index is 4.39. The van der Waals surface area contributed by atoms with Crippen LogP contribution in [0.2, 0.25) is 0 Å². The highest BCUT2D eigenvalue weighted by Crippen LogP contribution is 1.90. The maximum atomic E-state index is 4.39. The molecule has 1 rings (SSSR count). The number of hydrogen-bond acceptors (Lipinski definition) is 4. The van der Waals surface area contributed by atoms with Crippen molar-refractivity contribution in [2.24, 2.45) is 4.99 Å². The first-order valence-electron chi connectivity index (χ1n) is 2.72. The second-order valence-electron chi connectivity index (χ2n) is 1.60. The lowest BCUT2D eigenvalue weighted by atomic mass is 10.5. The van der Waals surface area contributed by atoms with Gasteiger partial charge in [-0.05, 0) is 12.2 Å². The zero-order valence-corrected chi connectivity index (χ0v) is 6.01. The molecular weight excluding hydrogens is 146 g/mol. The first-order valence-corrected chi connectivity index (χ1v) is 3.13. The van der Waals surface area contributed by atoms with E-state index in [1.165, 1.54) is 0 Å². The molecule has 1 aromatic rings. The Hall–Kier alpha value is -1.12. The van der Waals surface area contributed by atoms with Crippen molar-refractivity contribution in [3.05, 3.63) is 24.3 Å². The minimum atomic E-state index is 0.470. The van der Waals surface area contributed by atoms with E-state index >= 15 is 0 Å². The molecule has 3 nitrogen and oxygen atoms in total. The van der Waals surface area contributed by atoms with E-state index in [9.17, 15) is 0 Å². The zero-order chi connectivity index (χ0) is 7.23. The van der Waals surface area contributed by atoms with Crippen LogP contribution in [0, 0.1) is 0 Å². The van der Waals surface area contributed by atoms with E-state index in [4.69, 9.17) is 0 Å². The van der Waals surface area contributed by atoms with Gasteiger partial charge >= 0.3 is 0 Å². The van der Waals surface area contributed by atoms with Gasteiger partial charge in [0, 0.05) is 12.4 Å². The van der Waals surface area contributed by atoms with Crippen LogP contribution in [0.3, 0.4) is 0 Å². The normalized spacial score (nSPS) is 8.40. The van der Waals surface area contributed by atoms with Gasteiger partial charge in [0.15, 0.2) is 0 Å². The van der Waals surface area contributed by atoms with E-state index < -0.39 is 0 Å². The summed E-state index contributed by atoms with van der Waals surface area (Å²) in [6.07, 6.45) is 4.88. The molecule has 0 spiro atoms. The van der Waals surface area contributed by atoms with Gasteiger partial charge in [0.05, 0.1) is 23.6 Å². The van der Waals surface area contributed by atoms with Crippen molar-refractivity contribution in [3.63, 3.8) is 0 Å². The molecule has 0 unspecified atom stereocenters. The third kappa shape index (κ3) is 2.01. The molecule has 0 radical (unpaired) electrons. The van der Waals surface area contributed by atoms with Crippen molar-refractivity contribution < 1.29 is 0 Å². The van der Waals surface area contributed by atoms with Gasteiger partial charge in [0.1, 0.15) is 0 Å². The zero-order valence-electron chi connectivity index (χ0n) is 5.19. The minimum Gasteiger partial charge on any atom is -0.261 e. The molecule has 4 heteroatoms. The fourth-order valence-electron chi connectivity index (χ4n) is 0.525. The summed E-state index contributed by atoms with van der Waals surface area (Å²) in [5.41, 5.74) is 0.805. The average Bonchev–Trinajstić information content (AvgIpc) is 2.03. The van der Waals surface area contributed by atoms with Crippen molar-refractivity contribution in [3.8, 4) is 0 Å². The average molecular weight is 151 g/mol. The quantitative estimate of drug-likeness (QED) is 0.469. The highest BCUT2D eigenvalue weighted by atomic mass is 32.1. The van der Waals surface area contributed by atoms with Crippen LogP contribution in [0.25, 0.3) is 0 Å². The van der Waals surface area contributed by atoms with Crippen LogP contribution in [0.1, 0.15) is 5.69 Å². The van der Waals surface area contributed by atoms with Crippen molar-refractivity contribution in [1.29, 1.82) is 0 Å². The van der Waals surface area contributed by atoms with Gasteiger partial charge in [-0.1, -0.05) is 0 Å². The Morgan fingerprint density at radius 3 is 3.10 bits per heavy atom. The largest absolute Gasteiger partial charge is 0.261 e. The van der Waals surface area contributed by atoms with Crippen molar-refractivity contribution >= 4 is 17.4 Å². The van der Waals surface area contributed by atoms with Gasteiger partial charge in [-0.3, -0.25) is 9.97 Å². The number of nitrogens with zero attached hydrogens (tertiary/aromatic N) is 3. The fraction of sp³-hybridized carbons (Fsp3) is 0.167. The number of rotatable bonds is 2. The summed E-state index contributed by atoms with van der Waals surface area (Å²) in [5.74, 6) is 0. The summed E-state index contributed by atoms with van der Waals surface area (Å²) in [6.45, 7) is 0.470. The van der Waals surface area contributed by atoms with Crippen LogP contribution >= 0.6 is 12.2 Å². The second kappa shape index (κ2) is 3.82. The lowest BCUT2D eigenvalue weighted by Gasteiger charge is -1.88. The molecule has 10 heavy (non-hydrogen) atoms. The first-order chi connectivity index (χ1) is 4.93. The molecule has 0 aliphatic heterocycles. The Labute approximate surface area is 63.9 Å². The molecular formula is C6H5N3S. The van der Waals surface area contributed by atoms with E-state index in [2.05, 4.69) is 32.3 Å². The SMILES string of the molecule is S=C=NCc1cnccn1. The third-order valence-electron chi connectivity index (χ3n) is 0.922. The summed E-state index contributed by atoms with van der Waals surface area (Å²) in [5, 5.41) is 2.26. The van der Waals surface area contributed by atoms with Crippen LogP contribution in [0.4, 0.5) is 0 Å². The minimum absolute atomic E-state index is 0.470. The van der Waals surface area contributed by atoms with Gasteiger partial charge in [-0.2, -0.15) is 0 Å². The molecule has 0 saturated heterocycles. The van der Waals surface area contributed by atoms with E-state index in [0.29, 0.717) is 6.54 Å². The van der Waals surface area contributed by atoms with Gasteiger partial charge in [0.2, 0.25) is 0 Å². The number of aliphatic imine (C=N–C) groups is 1. The van der Waals surface area contributed by atoms with Crippen LogP contribution in [0.5, 0.6) is 0 Å². The van der Waals surface area contributed by atoms with Crippen molar-refractivity contribution in [2.45, 2.75) is 6.54 Å². The van der Waals surface area contributed by atoms with Gasteiger partial charge in [0.25, 0.3) is 0 Å². The van der Waals surface area contributed by atoms with Crippen molar-refractivity contribution in [2.75, 3.05) is 0 Å². The molecule has 0 bridgehead atoms. The molecule has 0 N–H and O–H groups in total. The van der Waals surface area contributed by atoms with Crippen molar-refractivity contribution in [1.82, 2.24) is 9.97 Å². The molecule has 0 aliphatic carbocycles. The Balaban J connectivity index is 2.67. The topological polar surface area (TPSA) is 38.1 Å². The molecule has 0 fully saturated rings. The van der Waals surface area contributed by atoms with Crippen LogP contribution < -0.4 is 0 Å². The summed E-state index contributed by atoms with van der Waals surface area (Å²) in [6, 6.07) is 0. The Bertz CT molecular complexity index is 240. The van der Waals surface area contributed by atoms with E-state index in [0.717, 1.165) is 5.69 Å². The monoisotopic (exact) mass is 151 g/mol. The van der Waals surface area contributed by atoms with Gasteiger partial charge < -0.3 is 0 Å². The predicted octanol–water partition coefficient (Wildman–Crippen LogP) is 1.08. The van der Waals surface area contributed by atoms with Gasteiger partial charge in [-0.25, -0.2) is 4.99 Å². The Morgan fingerprint density at radius 1 is 1.60 bits per heavy atom. The number of hydrogen-bond donors (Lipinski definition) is 0. The number of thiocarbonyl (C=S) groups is 1. The van der Waals surface area contributed by atoms with Gasteiger partial charge in [-0.15, -0.1) is 0 Å². The summed E-state index contributed by atoms with van der Waals surface area (Å²) in [4.78, 5) is 11.5. The molecule has 0 saturated carbocycles. The molecule has 1 heterocycles. The highest BCUT2D eigenvalue weighted by Gasteiger charge is 1.87. The maximum Gasteiger partial charge on any atom is 0.0930 e. The standard InChI is InChI=1S/C6H5N3S/c10-5-8-4-6-3-7-1-2-9-6/h1-3H,4H2. The van der Waals surface area contributed by atoms with Crippen LogP contribution in [-0.4, -0.2) is 15.1 Å². The van der Waals surface area contributed by atoms with E-state index in [1.807, 2.05) is 0 Å². The fourth-order valence-corrected chi connectivity index (χ4v) is 0.589. The molecule has 1 aromatic heterocycles. The van der Waals surface area contributed by atoms with E-state index in [-0.39, 0.29) is 0 Å². The molecule has 0 amide bonds. The molecule has 0 aromatic carbocycles. The van der Waals surface area contributed by atoms with Crippen LogP contribution in [-0.2, 0) is 6.54 Å². The lowest BCUT2D eigenvalue weighted by molar-refractivity contribution is 0.970.